The van der Waals surface area contributed by atoms with Crippen molar-refractivity contribution in [3.05, 3.63) is 90.0 Å². The van der Waals surface area contributed by atoms with Crippen molar-refractivity contribution in [2.45, 2.75) is 6.54 Å². The molecular formula is C23H18FN3O3. The zero-order chi connectivity index (χ0) is 20.9. The number of aromatic nitrogens is 2. The first-order valence-corrected chi connectivity index (χ1v) is 9.23. The fourth-order valence-electron chi connectivity index (χ4n) is 3.06. The number of hydrogen-bond acceptors (Lipinski definition) is 5. The van der Waals surface area contributed by atoms with Gasteiger partial charge in [0, 0.05) is 23.9 Å². The fourth-order valence-corrected chi connectivity index (χ4v) is 3.06. The first-order chi connectivity index (χ1) is 14.7. The minimum atomic E-state index is -0.406. The number of oxazole rings is 1. The summed E-state index contributed by atoms with van der Waals surface area (Å²) in [5.74, 6) is 0.267. The Bertz CT molecular complexity index is 1190. The number of ether oxygens (including phenoxy) is 1. The molecule has 6 nitrogen and oxygen atoms in total. The maximum absolute atomic E-state index is 14.1. The fraction of sp³-hybridized carbons (Fsp3) is 0.0870. The van der Waals surface area contributed by atoms with Gasteiger partial charge in [0.05, 0.1) is 24.4 Å². The van der Waals surface area contributed by atoms with Crippen LogP contribution in [-0.2, 0) is 6.54 Å². The number of hydrogen-bond donors (Lipinski definition) is 1. The normalized spacial score (nSPS) is 10.6. The SMILES string of the molecule is COc1ncccc1CNC(=O)c1ccccc1-c1ncc(-c2ccccc2F)o1. The molecule has 2 aromatic heterocycles. The third kappa shape index (κ3) is 3.91. The van der Waals surface area contributed by atoms with Gasteiger partial charge >= 0.3 is 0 Å². The largest absolute Gasteiger partial charge is 0.481 e. The van der Waals surface area contributed by atoms with Crippen LogP contribution in [0, 0.1) is 5.82 Å². The third-order valence-corrected chi connectivity index (χ3v) is 4.53. The van der Waals surface area contributed by atoms with Crippen LogP contribution in [0.15, 0.2) is 77.5 Å². The molecule has 0 aliphatic heterocycles. The maximum atomic E-state index is 14.1. The highest BCUT2D eigenvalue weighted by atomic mass is 19.1. The minimum absolute atomic E-state index is 0.234. The molecule has 2 aromatic carbocycles. The zero-order valence-electron chi connectivity index (χ0n) is 16.1. The van der Waals surface area contributed by atoms with Gasteiger partial charge in [-0.1, -0.05) is 30.3 Å². The van der Waals surface area contributed by atoms with Crippen molar-refractivity contribution in [1.82, 2.24) is 15.3 Å². The topological polar surface area (TPSA) is 77.2 Å². The van der Waals surface area contributed by atoms with Crippen LogP contribution in [0.5, 0.6) is 5.88 Å². The van der Waals surface area contributed by atoms with Crippen molar-refractivity contribution >= 4 is 5.91 Å². The Balaban J connectivity index is 1.59. The first kappa shape index (κ1) is 19.3. The zero-order valence-corrected chi connectivity index (χ0v) is 16.1. The first-order valence-electron chi connectivity index (χ1n) is 9.23. The number of rotatable bonds is 6. The number of pyridine rings is 1. The van der Waals surface area contributed by atoms with Crippen LogP contribution >= 0.6 is 0 Å². The molecule has 4 rings (SSSR count). The molecule has 0 saturated heterocycles. The average molecular weight is 403 g/mol. The molecule has 1 N–H and O–H groups in total. The molecule has 0 radical (unpaired) electrons. The molecule has 0 atom stereocenters. The molecule has 0 spiro atoms. The monoisotopic (exact) mass is 403 g/mol. The quantitative estimate of drug-likeness (QED) is 0.514. The van der Waals surface area contributed by atoms with Crippen LogP contribution in [0.3, 0.4) is 0 Å². The van der Waals surface area contributed by atoms with Gasteiger partial charge in [-0.3, -0.25) is 4.79 Å². The maximum Gasteiger partial charge on any atom is 0.252 e. The summed E-state index contributed by atoms with van der Waals surface area (Å²) >= 11 is 0. The van der Waals surface area contributed by atoms with Gasteiger partial charge in [-0.2, -0.15) is 0 Å². The Morgan fingerprint density at radius 3 is 2.60 bits per heavy atom. The molecule has 0 aliphatic carbocycles. The molecule has 0 fully saturated rings. The van der Waals surface area contributed by atoms with Gasteiger partial charge in [-0.05, 0) is 30.3 Å². The third-order valence-electron chi connectivity index (χ3n) is 4.53. The number of halogens is 1. The number of nitrogens with zero attached hydrogens (tertiary/aromatic N) is 2. The molecule has 0 saturated carbocycles. The van der Waals surface area contributed by atoms with Crippen LogP contribution in [0.2, 0.25) is 0 Å². The smallest absolute Gasteiger partial charge is 0.252 e. The molecule has 150 valence electrons. The number of carbonyl (C=O) groups excluding carboxylic acids is 1. The number of nitrogens with one attached hydrogen (secondary N) is 1. The van der Waals surface area contributed by atoms with E-state index in [0.717, 1.165) is 5.56 Å². The van der Waals surface area contributed by atoms with Gasteiger partial charge < -0.3 is 14.5 Å². The second-order valence-corrected chi connectivity index (χ2v) is 6.41. The minimum Gasteiger partial charge on any atom is -0.481 e. The van der Waals surface area contributed by atoms with Crippen LogP contribution < -0.4 is 10.1 Å². The van der Waals surface area contributed by atoms with E-state index in [0.29, 0.717) is 28.3 Å². The number of benzene rings is 2. The van der Waals surface area contributed by atoms with Gasteiger partial charge in [0.15, 0.2) is 5.76 Å². The summed E-state index contributed by atoms with van der Waals surface area (Å²) in [5, 5.41) is 2.86. The summed E-state index contributed by atoms with van der Waals surface area (Å²) in [7, 11) is 1.53. The Hall–Kier alpha value is -4.00. The van der Waals surface area contributed by atoms with Gasteiger partial charge in [-0.25, -0.2) is 14.4 Å². The van der Waals surface area contributed by atoms with Crippen molar-refractivity contribution in [2.24, 2.45) is 0 Å². The average Bonchev–Trinajstić information content (AvgIpc) is 3.28. The lowest BCUT2D eigenvalue weighted by Crippen LogP contribution is -2.23. The molecule has 4 aromatic rings. The van der Waals surface area contributed by atoms with Gasteiger partial charge in [-0.15, -0.1) is 0 Å². The highest BCUT2D eigenvalue weighted by molar-refractivity contribution is 6.00. The van der Waals surface area contributed by atoms with E-state index in [1.807, 2.05) is 6.07 Å². The van der Waals surface area contributed by atoms with Gasteiger partial charge in [0.25, 0.3) is 5.91 Å². The lowest BCUT2D eigenvalue weighted by Gasteiger charge is -2.10. The molecule has 1 amide bonds. The van der Waals surface area contributed by atoms with E-state index in [1.54, 1.807) is 54.7 Å². The Labute approximate surface area is 172 Å². The van der Waals surface area contributed by atoms with Crippen molar-refractivity contribution in [1.29, 1.82) is 0 Å². The Morgan fingerprint density at radius 1 is 1.03 bits per heavy atom. The van der Waals surface area contributed by atoms with Crippen LogP contribution in [-0.4, -0.2) is 23.0 Å². The molecule has 2 heterocycles. The molecule has 0 bridgehead atoms. The van der Waals surface area contributed by atoms with Crippen molar-refractivity contribution in [3.63, 3.8) is 0 Å². The summed E-state index contributed by atoms with van der Waals surface area (Å²) in [6.07, 6.45) is 3.07. The second kappa shape index (κ2) is 8.57. The molecule has 7 heteroatoms. The van der Waals surface area contributed by atoms with Crippen molar-refractivity contribution in [3.8, 4) is 28.7 Å². The predicted molar refractivity (Wildman–Crippen MR) is 109 cm³/mol. The Morgan fingerprint density at radius 2 is 1.80 bits per heavy atom. The molecular weight excluding hydrogens is 385 g/mol. The summed E-state index contributed by atoms with van der Waals surface area (Å²) in [6, 6.07) is 16.8. The van der Waals surface area contributed by atoms with Crippen molar-refractivity contribution < 1.29 is 18.3 Å². The van der Waals surface area contributed by atoms with E-state index in [1.165, 1.54) is 19.4 Å². The number of methoxy groups -OCH3 is 1. The Kier molecular flexibility index (Phi) is 5.52. The second-order valence-electron chi connectivity index (χ2n) is 6.41. The lowest BCUT2D eigenvalue weighted by atomic mass is 10.1. The summed E-state index contributed by atoms with van der Waals surface area (Å²) < 4.78 is 25.0. The van der Waals surface area contributed by atoms with E-state index >= 15 is 0 Å². The summed E-state index contributed by atoms with van der Waals surface area (Å²) in [6.45, 7) is 0.246. The van der Waals surface area contributed by atoms with E-state index in [2.05, 4.69) is 15.3 Å². The summed E-state index contributed by atoms with van der Waals surface area (Å²) in [5.41, 5.74) is 1.96. The van der Waals surface area contributed by atoms with Gasteiger partial charge in [0.2, 0.25) is 11.8 Å². The van der Waals surface area contributed by atoms with Crippen LogP contribution in [0.4, 0.5) is 4.39 Å². The lowest BCUT2D eigenvalue weighted by molar-refractivity contribution is 0.0951. The molecule has 30 heavy (non-hydrogen) atoms. The molecule has 0 unspecified atom stereocenters. The van der Waals surface area contributed by atoms with Crippen LogP contribution in [0.1, 0.15) is 15.9 Å². The highest BCUT2D eigenvalue weighted by Crippen LogP contribution is 2.29. The standard InChI is InChI=1S/C23H18FN3O3/c1-29-22-15(7-6-12-25-22)13-26-21(28)16-8-2-3-9-17(16)23-27-14-20(30-23)18-10-4-5-11-19(18)24/h2-12,14H,13H2,1H3,(H,26,28). The van der Waals surface area contributed by atoms with Gasteiger partial charge in [0.1, 0.15) is 5.82 Å². The molecule has 0 aliphatic rings. The predicted octanol–water partition coefficient (Wildman–Crippen LogP) is 4.48. The van der Waals surface area contributed by atoms with E-state index in [-0.39, 0.29) is 18.3 Å². The van der Waals surface area contributed by atoms with Crippen LogP contribution in [0.25, 0.3) is 22.8 Å². The van der Waals surface area contributed by atoms with Crippen molar-refractivity contribution in [2.75, 3.05) is 7.11 Å². The van der Waals surface area contributed by atoms with E-state index in [9.17, 15) is 9.18 Å². The van der Waals surface area contributed by atoms with E-state index < -0.39 is 5.82 Å². The number of carbonyl (C=O) groups is 1. The highest BCUT2D eigenvalue weighted by Gasteiger charge is 2.18. The summed E-state index contributed by atoms with van der Waals surface area (Å²) in [4.78, 5) is 21.2. The number of amides is 1. The van der Waals surface area contributed by atoms with E-state index in [4.69, 9.17) is 9.15 Å².